The molecule has 0 saturated heterocycles. The van der Waals surface area contributed by atoms with Gasteiger partial charge in [0.05, 0.1) is 5.56 Å². The number of hydrogen-bond donors (Lipinski definition) is 2. The van der Waals surface area contributed by atoms with Gasteiger partial charge < -0.3 is 10.4 Å². The summed E-state index contributed by atoms with van der Waals surface area (Å²) in [7, 11) is 0. The normalized spacial score (nSPS) is 11.5. The van der Waals surface area contributed by atoms with Crippen LogP contribution in [0.5, 0.6) is 0 Å². The molecule has 0 unspecified atom stereocenters. The summed E-state index contributed by atoms with van der Waals surface area (Å²) in [6, 6.07) is 11.0. The number of carbonyl (C=O) groups excluding carboxylic acids is 1. The largest absolute Gasteiger partial charge is 0.474 e. The van der Waals surface area contributed by atoms with Crippen molar-refractivity contribution < 1.29 is 27.9 Å². The van der Waals surface area contributed by atoms with Gasteiger partial charge in [0.2, 0.25) is 0 Å². The van der Waals surface area contributed by atoms with E-state index in [0.717, 1.165) is 17.7 Å². The summed E-state index contributed by atoms with van der Waals surface area (Å²) in [5, 5.41) is 10.7. The molecule has 2 N–H and O–H groups in total. The van der Waals surface area contributed by atoms with E-state index in [1.165, 1.54) is 24.3 Å². The maximum Gasteiger partial charge on any atom is 0.416 e. The molecule has 0 radical (unpaired) electrons. The molecule has 2 aromatic carbocycles. The molecule has 0 aliphatic heterocycles. The molecular weight excluding hydrogens is 323 g/mol. The Labute approximate surface area is 135 Å². The molecule has 2 rings (SSSR count). The Balaban J connectivity index is 2.04. The molecule has 0 fully saturated rings. The van der Waals surface area contributed by atoms with Crippen molar-refractivity contribution in [2.24, 2.45) is 0 Å². The van der Waals surface area contributed by atoms with Gasteiger partial charge in [-0.25, -0.2) is 4.79 Å². The first-order valence-corrected chi connectivity index (χ1v) is 6.75. The van der Waals surface area contributed by atoms with Crippen molar-refractivity contribution in [3.63, 3.8) is 0 Å². The average Bonchev–Trinajstić information content (AvgIpc) is 2.53. The Morgan fingerprint density at radius 2 is 1.33 bits per heavy atom. The minimum Gasteiger partial charge on any atom is -0.474 e. The predicted molar refractivity (Wildman–Crippen MR) is 83.1 cm³/mol. The van der Waals surface area contributed by atoms with Gasteiger partial charge >= 0.3 is 18.1 Å². The number of halogens is 3. The highest BCUT2D eigenvalue weighted by Crippen LogP contribution is 2.29. The van der Waals surface area contributed by atoms with E-state index in [1.54, 1.807) is 24.3 Å². The number of carbonyl (C=O) groups is 2. The van der Waals surface area contributed by atoms with E-state index in [-0.39, 0.29) is 0 Å². The van der Waals surface area contributed by atoms with Gasteiger partial charge in [-0.1, -0.05) is 36.4 Å². The lowest BCUT2D eigenvalue weighted by Crippen LogP contribution is -2.21. The molecule has 0 heterocycles. The first-order valence-electron chi connectivity index (χ1n) is 6.75. The zero-order chi connectivity index (χ0) is 17.7. The number of anilines is 1. The number of aliphatic carboxylic acids is 1. The molecule has 0 atom stereocenters. The van der Waals surface area contributed by atoms with Crippen LogP contribution in [-0.2, 0) is 15.8 Å². The number of benzene rings is 2. The van der Waals surface area contributed by atoms with Crippen LogP contribution in [0.3, 0.4) is 0 Å². The summed E-state index contributed by atoms with van der Waals surface area (Å²) in [6.45, 7) is 0. The topological polar surface area (TPSA) is 66.4 Å². The maximum atomic E-state index is 12.5. The number of carboxylic acids is 1. The van der Waals surface area contributed by atoms with Crippen molar-refractivity contribution in [2.45, 2.75) is 6.18 Å². The molecule has 124 valence electrons. The highest BCUT2D eigenvalue weighted by Gasteiger charge is 2.29. The molecular formula is C17H12F3NO3. The Bertz CT molecular complexity index is 763. The molecule has 0 bridgehead atoms. The third-order valence-electron chi connectivity index (χ3n) is 3.07. The number of nitrogens with one attached hydrogen (secondary N) is 1. The molecule has 2 aromatic rings. The third-order valence-corrected chi connectivity index (χ3v) is 3.07. The number of amides is 1. The average molecular weight is 335 g/mol. The van der Waals surface area contributed by atoms with Crippen LogP contribution in [0.25, 0.3) is 12.2 Å². The predicted octanol–water partition coefficient (Wildman–Crippen LogP) is 3.90. The van der Waals surface area contributed by atoms with Gasteiger partial charge in [0, 0.05) is 5.69 Å². The third kappa shape index (κ3) is 4.70. The SMILES string of the molecule is O=C(O)C(=O)Nc1ccc(/C=C\c2ccc(C(F)(F)F)cc2)cc1. The van der Waals surface area contributed by atoms with Crippen LogP contribution in [0, 0.1) is 0 Å². The van der Waals surface area contributed by atoms with E-state index in [0.29, 0.717) is 11.3 Å². The standard InChI is InChI=1S/C17H12F3NO3/c18-17(19,20)13-7-3-11(4-8-13)1-2-12-5-9-14(10-6-12)21-15(22)16(23)24/h1-10H,(H,21,22)(H,23,24)/b2-1-. The minimum atomic E-state index is -4.36. The molecule has 0 aromatic heterocycles. The second-order valence-corrected chi connectivity index (χ2v) is 4.83. The zero-order valence-corrected chi connectivity index (χ0v) is 12.2. The monoisotopic (exact) mass is 335 g/mol. The van der Waals surface area contributed by atoms with E-state index >= 15 is 0 Å². The van der Waals surface area contributed by atoms with Crippen LogP contribution in [0.1, 0.15) is 16.7 Å². The van der Waals surface area contributed by atoms with Gasteiger partial charge in [0.25, 0.3) is 0 Å². The number of rotatable bonds is 3. The van der Waals surface area contributed by atoms with Crippen molar-refractivity contribution >= 4 is 29.7 Å². The highest BCUT2D eigenvalue weighted by molar-refractivity contribution is 6.36. The van der Waals surface area contributed by atoms with Crippen LogP contribution < -0.4 is 5.32 Å². The van der Waals surface area contributed by atoms with Crippen LogP contribution >= 0.6 is 0 Å². The summed E-state index contributed by atoms with van der Waals surface area (Å²) in [5.41, 5.74) is 0.960. The first kappa shape index (κ1) is 17.3. The summed E-state index contributed by atoms with van der Waals surface area (Å²) in [6.07, 6.45) is -1.03. The summed E-state index contributed by atoms with van der Waals surface area (Å²) in [4.78, 5) is 21.4. The summed E-state index contributed by atoms with van der Waals surface area (Å²) >= 11 is 0. The summed E-state index contributed by atoms with van der Waals surface area (Å²) < 4.78 is 37.4. The quantitative estimate of drug-likeness (QED) is 0.660. The molecule has 0 saturated carbocycles. The Morgan fingerprint density at radius 1 is 0.875 bits per heavy atom. The van der Waals surface area contributed by atoms with Gasteiger partial charge in [-0.15, -0.1) is 0 Å². The van der Waals surface area contributed by atoms with Crippen LogP contribution in [-0.4, -0.2) is 17.0 Å². The second-order valence-electron chi connectivity index (χ2n) is 4.83. The van der Waals surface area contributed by atoms with Gasteiger partial charge in [-0.2, -0.15) is 13.2 Å². The molecule has 0 aliphatic carbocycles. The van der Waals surface area contributed by atoms with Crippen molar-refractivity contribution in [1.29, 1.82) is 0 Å². The van der Waals surface area contributed by atoms with Gasteiger partial charge in [-0.3, -0.25) is 4.79 Å². The lowest BCUT2D eigenvalue weighted by molar-refractivity contribution is -0.147. The molecule has 0 aliphatic rings. The molecule has 24 heavy (non-hydrogen) atoms. The highest BCUT2D eigenvalue weighted by atomic mass is 19.4. The van der Waals surface area contributed by atoms with E-state index in [4.69, 9.17) is 5.11 Å². The first-order chi connectivity index (χ1) is 11.3. The number of alkyl halides is 3. The van der Waals surface area contributed by atoms with Crippen molar-refractivity contribution in [3.8, 4) is 0 Å². The fraction of sp³-hybridized carbons (Fsp3) is 0.0588. The fourth-order valence-electron chi connectivity index (χ4n) is 1.84. The van der Waals surface area contributed by atoms with E-state index < -0.39 is 23.6 Å². The minimum absolute atomic E-state index is 0.328. The van der Waals surface area contributed by atoms with E-state index in [9.17, 15) is 22.8 Å². The smallest absolute Gasteiger partial charge is 0.416 e. The molecule has 7 heteroatoms. The summed E-state index contributed by atoms with van der Waals surface area (Å²) in [5.74, 6) is -2.72. The van der Waals surface area contributed by atoms with Gasteiger partial charge in [-0.05, 0) is 35.4 Å². The van der Waals surface area contributed by atoms with Gasteiger partial charge in [0.15, 0.2) is 0 Å². The van der Waals surface area contributed by atoms with Gasteiger partial charge in [0.1, 0.15) is 0 Å². The van der Waals surface area contributed by atoms with Crippen molar-refractivity contribution in [3.05, 3.63) is 65.2 Å². The number of hydrogen-bond acceptors (Lipinski definition) is 2. The van der Waals surface area contributed by atoms with Crippen LogP contribution in [0.2, 0.25) is 0 Å². The van der Waals surface area contributed by atoms with E-state index in [1.807, 2.05) is 0 Å². The Morgan fingerprint density at radius 3 is 1.75 bits per heavy atom. The Kier molecular flexibility index (Phi) is 5.03. The fourth-order valence-corrected chi connectivity index (χ4v) is 1.84. The molecule has 1 amide bonds. The molecule has 0 spiro atoms. The van der Waals surface area contributed by atoms with Crippen LogP contribution in [0.4, 0.5) is 18.9 Å². The van der Waals surface area contributed by atoms with Crippen molar-refractivity contribution in [1.82, 2.24) is 0 Å². The molecule has 4 nitrogen and oxygen atoms in total. The number of carboxylic acid groups (broad SMARTS) is 1. The lowest BCUT2D eigenvalue weighted by atomic mass is 10.1. The Hall–Kier alpha value is -3.09. The van der Waals surface area contributed by atoms with Crippen molar-refractivity contribution in [2.75, 3.05) is 5.32 Å². The second kappa shape index (κ2) is 6.99. The van der Waals surface area contributed by atoms with E-state index in [2.05, 4.69) is 5.32 Å². The lowest BCUT2D eigenvalue weighted by Gasteiger charge is -2.06. The van der Waals surface area contributed by atoms with Crippen LogP contribution in [0.15, 0.2) is 48.5 Å². The maximum absolute atomic E-state index is 12.5. The zero-order valence-electron chi connectivity index (χ0n) is 12.2.